The molecule has 3 rings (SSSR count). The third-order valence-corrected chi connectivity index (χ3v) is 5.39. The molecule has 3 aromatic rings. The summed E-state index contributed by atoms with van der Waals surface area (Å²) < 4.78 is 12.6. The highest BCUT2D eigenvalue weighted by molar-refractivity contribution is 9.11. The Morgan fingerprint density at radius 1 is 1.30 bits per heavy atom. The first-order chi connectivity index (χ1) is 13.0. The second-order valence-corrected chi connectivity index (χ2v) is 7.98. The van der Waals surface area contributed by atoms with Gasteiger partial charge in [0.25, 0.3) is 5.22 Å². The molecule has 0 spiro atoms. The van der Waals surface area contributed by atoms with Gasteiger partial charge in [-0.2, -0.15) is 0 Å². The maximum absolute atomic E-state index is 11.7. The van der Waals surface area contributed by atoms with Gasteiger partial charge >= 0.3 is 5.97 Å². The van der Waals surface area contributed by atoms with Gasteiger partial charge in [0.05, 0.1) is 8.95 Å². The Kier molecular flexibility index (Phi) is 6.41. The summed E-state index contributed by atoms with van der Waals surface area (Å²) in [7, 11) is 0. The summed E-state index contributed by atoms with van der Waals surface area (Å²) in [5, 5.41) is 9.83. The molecular formula is C19H13Br2NO4S. The lowest BCUT2D eigenvalue weighted by Crippen LogP contribution is -1.98. The van der Waals surface area contributed by atoms with E-state index < -0.39 is 5.97 Å². The van der Waals surface area contributed by atoms with E-state index in [2.05, 4.69) is 43.4 Å². The fourth-order valence-corrected chi connectivity index (χ4v) is 4.41. The lowest BCUT2D eigenvalue weighted by Gasteiger charge is -2.10. The molecular weight excluding hydrogens is 498 g/mol. The summed E-state index contributed by atoms with van der Waals surface area (Å²) >= 11 is 7.84. The molecule has 0 radical (unpaired) electrons. The van der Waals surface area contributed by atoms with Crippen LogP contribution in [0.25, 0.3) is 17.2 Å². The smallest absolute Gasteiger partial charge is 0.342 e. The van der Waals surface area contributed by atoms with Gasteiger partial charge in [0, 0.05) is 0 Å². The molecule has 0 amide bonds. The fraction of sp³-hybridized carbons (Fsp3) is 0.0526. The first-order valence-corrected chi connectivity index (χ1v) is 10.1. The minimum absolute atomic E-state index is 0.0834. The predicted molar refractivity (Wildman–Crippen MR) is 113 cm³/mol. The largest absolute Gasteiger partial charge is 0.487 e. The quantitative estimate of drug-likeness (QED) is 0.234. The van der Waals surface area contributed by atoms with E-state index in [-0.39, 0.29) is 10.1 Å². The SMILES string of the molecule is C=CCOc1c(Br)cc(/C=C(\Sc2nc3ccccc3o2)C(=O)O)cc1Br. The zero-order chi connectivity index (χ0) is 19.4. The summed E-state index contributed by atoms with van der Waals surface area (Å²) in [5.74, 6) is -0.447. The number of rotatable bonds is 7. The van der Waals surface area contributed by atoms with E-state index >= 15 is 0 Å². The molecule has 0 atom stereocenters. The second-order valence-electron chi connectivity index (χ2n) is 5.28. The van der Waals surface area contributed by atoms with Crippen LogP contribution in [0.5, 0.6) is 5.75 Å². The van der Waals surface area contributed by atoms with Crippen LogP contribution in [0.15, 0.2) is 72.5 Å². The van der Waals surface area contributed by atoms with E-state index in [9.17, 15) is 9.90 Å². The standard InChI is InChI=1S/C19H13Br2NO4S/c1-2-7-25-17-12(20)8-11(9-13(17)21)10-16(18(23)24)27-19-22-14-5-3-4-6-15(14)26-19/h2-6,8-10H,1,7H2,(H,23,24)/b16-10-. The van der Waals surface area contributed by atoms with Crippen molar-refractivity contribution in [3.05, 3.63) is 68.5 Å². The van der Waals surface area contributed by atoms with Gasteiger partial charge in [0.15, 0.2) is 5.58 Å². The van der Waals surface area contributed by atoms with Crippen molar-refractivity contribution in [2.45, 2.75) is 5.22 Å². The maximum atomic E-state index is 11.7. The first kappa shape index (κ1) is 19.7. The van der Waals surface area contributed by atoms with Crippen molar-refractivity contribution in [1.82, 2.24) is 4.98 Å². The molecule has 8 heteroatoms. The van der Waals surface area contributed by atoms with Gasteiger partial charge < -0.3 is 14.3 Å². The molecule has 1 heterocycles. The third-order valence-electron chi connectivity index (χ3n) is 3.35. The summed E-state index contributed by atoms with van der Waals surface area (Å²) in [4.78, 5) is 16.1. The van der Waals surface area contributed by atoms with Crippen LogP contribution in [-0.4, -0.2) is 22.7 Å². The number of fused-ring (bicyclic) bond motifs is 1. The number of oxazole rings is 1. The van der Waals surface area contributed by atoms with Crippen molar-refractivity contribution in [1.29, 1.82) is 0 Å². The highest BCUT2D eigenvalue weighted by Crippen LogP contribution is 2.37. The molecule has 0 aliphatic heterocycles. The van der Waals surface area contributed by atoms with Crippen LogP contribution in [0, 0.1) is 0 Å². The Hall–Kier alpha value is -2.03. The number of carboxylic acid groups (broad SMARTS) is 1. The van der Waals surface area contributed by atoms with E-state index in [0.717, 1.165) is 11.8 Å². The number of aliphatic carboxylic acids is 1. The summed E-state index contributed by atoms with van der Waals surface area (Å²) in [5.41, 5.74) is 1.97. The molecule has 0 bridgehead atoms. The van der Waals surface area contributed by atoms with E-state index in [1.54, 1.807) is 30.4 Å². The number of benzene rings is 2. The van der Waals surface area contributed by atoms with Gasteiger partial charge in [0.1, 0.15) is 22.8 Å². The maximum Gasteiger partial charge on any atom is 0.342 e. The lowest BCUT2D eigenvalue weighted by molar-refractivity contribution is -0.131. The molecule has 0 aliphatic rings. The van der Waals surface area contributed by atoms with Crippen LogP contribution in [0.1, 0.15) is 5.56 Å². The first-order valence-electron chi connectivity index (χ1n) is 7.69. The van der Waals surface area contributed by atoms with Crippen LogP contribution in [0.4, 0.5) is 0 Å². The Labute approximate surface area is 176 Å². The lowest BCUT2D eigenvalue weighted by atomic mass is 10.2. The number of hydrogen-bond donors (Lipinski definition) is 1. The normalized spacial score (nSPS) is 11.6. The van der Waals surface area contributed by atoms with E-state index in [4.69, 9.17) is 9.15 Å². The Morgan fingerprint density at radius 3 is 2.63 bits per heavy atom. The molecule has 0 aliphatic carbocycles. The number of para-hydroxylation sites is 2. The van der Waals surface area contributed by atoms with E-state index in [1.807, 2.05) is 18.2 Å². The van der Waals surface area contributed by atoms with Crippen molar-refractivity contribution < 1.29 is 19.1 Å². The number of aromatic nitrogens is 1. The highest BCUT2D eigenvalue weighted by Gasteiger charge is 2.16. The number of hydrogen-bond acceptors (Lipinski definition) is 5. The van der Waals surface area contributed by atoms with Crippen LogP contribution in [0.2, 0.25) is 0 Å². The summed E-state index contributed by atoms with van der Waals surface area (Å²) in [6.45, 7) is 3.98. The zero-order valence-electron chi connectivity index (χ0n) is 13.8. The molecule has 0 saturated heterocycles. The number of nitrogens with zero attached hydrogens (tertiary/aromatic N) is 1. The van der Waals surface area contributed by atoms with Crippen molar-refractivity contribution in [3.63, 3.8) is 0 Å². The van der Waals surface area contributed by atoms with Crippen LogP contribution in [-0.2, 0) is 4.79 Å². The number of ether oxygens (including phenoxy) is 1. The van der Waals surface area contributed by atoms with Gasteiger partial charge in [-0.3, -0.25) is 0 Å². The number of halogens is 2. The average molecular weight is 511 g/mol. The van der Waals surface area contributed by atoms with Crippen molar-refractivity contribution in [2.24, 2.45) is 0 Å². The number of carbonyl (C=O) groups is 1. The van der Waals surface area contributed by atoms with Gasteiger partial charge in [-0.25, -0.2) is 9.78 Å². The van der Waals surface area contributed by atoms with Crippen LogP contribution < -0.4 is 4.74 Å². The van der Waals surface area contributed by atoms with Gasteiger partial charge in [-0.05, 0) is 79.5 Å². The molecule has 0 unspecified atom stereocenters. The molecule has 138 valence electrons. The fourth-order valence-electron chi connectivity index (χ4n) is 2.22. The van der Waals surface area contributed by atoms with Crippen molar-refractivity contribution in [2.75, 3.05) is 6.61 Å². The minimum Gasteiger partial charge on any atom is -0.487 e. The molecule has 5 nitrogen and oxygen atoms in total. The monoisotopic (exact) mass is 509 g/mol. The Balaban J connectivity index is 1.91. The molecule has 27 heavy (non-hydrogen) atoms. The van der Waals surface area contributed by atoms with Crippen molar-refractivity contribution in [3.8, 4) is 5.75 Å². The van der Waals surface area contributed by atoms with Gasteiger partial charge in [-0.15, -0.1) is 0 Å². The van der Waals surface area contributed by atoms with Gasteiger partial charge in [0.2, 0.25) is 0 Å². The average Bonchev–Trinajstić information content (AvgIpc) is 3.03. The molecule has 1 aromatic heterocycles. The zero-order valence-corrected chi connectivity index (χ0v) is 17.8. The van der Waals surface area contributed by atoms with Crippen LogP contribution >= 0.6 is 43.6 Å². The minimum atomic E-state index is -1.07. The third kappa shape index (κ3) is 4.82. The topological polar surface area (TPSA) is 72.6 Å². The summed E-state index contributed by atoms with van der Waals surface area (Å²) in [6, 6.07) is 10.8. The second kappa shape index (κ2) is 8.77. The van der Waals surface area contributed by atoms with Crippen LogP contribution in [0.3, 0.4) is 0 Å². The predicted octanol–water partition coefficient (Wildman–Crippen LogP) is 6.14. The Bertz CT molecular complexity index is 989. The van der Waals surface area contributed by atoms with E-state index in [1.165, 1.54) is 0 Å². The molecule has 0 saturated carbocycles. The molecule has 1 N–H and O–H groups in total. The highest BCUT2D eigenvalue weighted by atomic mass is 79.9. The van der Waals surface area contributed by atoms with E-state index in [0.29, 0.717) is 38.0 Å². The molecule has 0 fully saturated rings. The van der Waals surface area contributed by atoms with Gasteiger partial charge in [-0.1, -0.05) is 24.8 Å². The number of thioether (sulfide) groups is 1. The van der Waals surface area contributed by atoms with Crippen molar-refractivity contribution >= 4 is 66.8 Å². The molecule has 2 aromatic carbocycles. The summed E-state index contributed by atoms with van der Waals surface area (Å²) in [6.07, 6.45) is 3.20. The number of carboxylic acids is 1. The Morgan fingerprint density at radius 2 is 2.00 bits per heavy atom.